The first-order valence-corrected chi connectivity index (χ1v) is 6.11. The van der Waals surface area contributed by atoms with Gasteiger partial charge in [0.2, 0.25) is 0 Å². The molecule has 16 heavy (non-hydrogen) atoms. The van der Waals surface area contributed by atoms with Gasteiger partial charge < -0.3 is 0 Å². The van der Waals surface area contributed by atoms with Crippen molar-refractivity contribution in [3.8, 4) is 0 Å². The van der Waals surface area contributed by atoms with Gasteiger partial charge in [-0.25, -0.2) is 0 Å². The van der Waals surface area contributed by atoms with Crippen LogP contribution in [-0.4, -0.2) is 12.8 Å². The van der Waals surface area contributed by atoms with Crippen LogP contribution in [0.15, 0.2) is 40.9 Å². The van der Waals surface area contributed by atoms with Gasteiger partial charge in [-0.05, 0) is 24.0 Å². The van der Waals surface area contributed by atoms with Crippen LogP contribution in [0, 0.1) is 0 Å². The summed E-state index contributed by atoms with van der Waals surface area (Å²) < 4.78 is 0. The molecule has 1 aromatic carbocycles. The SMILES string of the molecule is CCCC/C=C1/Cc2ccccc2C1=NC. The molecule has 1 aliphatic carbocycles. The summed E-state index contributed by atoms with van der Waals surface area (Å²) >= 11 is 0. The second-order valence-corrected chi connectivity index (χ2v) is 4.28. The average Bonchev–Trinajstić information content (AvgIpc) is 2.67. The van der Waals surface area contributed by atoms with Gasteiger partial charge in [-0.2, -0.15) is 0 Å². The van der Waals surface area contributed by atoms with Gasteiger partial charge >= 0.3 is 0 Å². The minimum Gasteiger partial charge on any atom is -0.288 e. The Bertz CT molecular complexity index is 427. The standard InChI is InChI=1S/C15H19N/c1-3-4-5-9-13-11-12-8-6-7-10-14(12)15(13)16-2/h6-10H,3-5,11H2,1-2H3/b13-9-,16-15?. The van der Waals surface area contributed by atoms with Gasteiger partial charge in [0.1, 0.15) is 0 Å². The largest absolute Gasteiger partial charge is 0.288 e. The predicted octanol–water partition coefficient (Wildman–Crippen LogP) is 3.78. The molecule has 0 unspecified atom stereocenters. The van der Waals surface area contributed by atoms with Gasteiger partial charge in [-0.3, -0.25) is 4.99 Å². The molecule has 1 heteroatoms. The summed E-state index contributed by atoms with van der Waals surface area (Å²) in [4.78, 5) is 4.44. The molecule has 1 aliphatic rings. The van der Waals surface area contributed by atoms with Crippen LogP contribution >= 0.6 is 0 Å². The van der Waals surface area contributed by atoms with Crippen molar-refractivity contribution in [1.29, 1.82) is 0 Å². The molecule has 0 aromatic heterocycles. The summed E-state index contributed by atoms with van der Waals surface area (Å²) in [5, 5.41) is 0. The Hall–Kier alpha value is -1.37. The maximum atomic E-state index is 4.44. The Morgan fingerprint density at radius 1 is 1.31 bits per heavy atom. The van der Waals surface area contributed by atoms with E-state index in [0.717, 1.165) is 6.42 Å². The zero-order chi connectivity index (χ0) is 11.4. The van der Waals surface area contributed by atoms with Gasteiger partial charge in [-0.15, -0.1) is 0 Å². The summed E-state index contributed by atoms with van der Waals surface area (Å²) in [5.41, 5.74) is 5.36. The van der Waals surface area contributed by atoms with Gasteiger partial charge in [-0.1, -0.05) is 50.1 Å². The molecule has 1 nitrogen and oxygen atoms in total. The van der Waals surface area contributed by atoms with Gasteiger partial charge in [0.25, 0.3) is 0 Å². The fraction of sp³-hybridized carbons (Fsp3) is 0.400. The number of fused-ring (bicyclic) bond motifs is 1. The zero-order valence-electron chi connectivity index (χ0n) is 10.2. The van der Waals surface area contributed by atoms with E-state index in [-0.39, 0.29) is 0 Å². The van der Waals surface area contributed by atoms with Crippen molar-refractivity contribution in [1.82, 2.24) is 0 Å². The quantitative estimate of drug-likeness (QED) is 0.678. The molecule has 0 heterocycles. The van der Waals surface area contributed by atoms with E-state index in [0.29, 0.717) is 0 Å². The number of hydrogen-bond donors (Lipinski definition) is 0. The second kappa shape index (κ2) is 5.11. The highest BCUT2D eigenvalue weighted by molar-refractivity contribution is 6.16. The molecule has 0 spiro atoms. The van der Waals surface area contributed by atoms with E-state index in [9.17, 15) is 0 Å². The van der Waals surface area contributed by atoms with Gasteiger partial charge in [0.05, 0.1) is 5.71 Å². The first kappa shape index (κ1) is 11.1. The van der Waals surface area contributed by atoms with Crippen molar-refractivity contribution >= 4 is 5.71 Å². The number of hydrogen-bond acceptors (Lipinski definition) is 1. The van der Waals surface area contributed by atoms with E-state index in [4.69, 9.17) is 0 Å². The smallest absolute Gasteiger partial charge is 0.0678 e. The summed E-state index contributed by atoms with van der Waals surface area (Å²) in [6.07, 6.45) is 7.14. The molecule has 0 amide bonds. The van der Waals surface area contributed by atoms with Crippen LogP contribution in [0.25, 0.3) is 0 Å². The highest BCUT2D eigenvalue weighted by Gasteiger charge is 2.20. The third kappa shape index (κ3) is 2.08. The minimum absolute atomic E-state index is 1.06. The van der Waals surface area contributed by atoms with Crippen molar-refractivity contribution in [3.63, 3.8) is 0 Å². The molecule has 0 bridgehead atoms. The summed E-state index contributed by atoms with van der Waals surface area (Å²) in [6, 6.07) is 8.60. The number of unbranched alkanes of at least 4 members (excludes halogenated alkanes) is 2. The molecule has 2 rings (SSSR count). The molecule has 84 valence electrons. The molecule has 0 atom stereocenters. The average molecular weight is 213 g/mol. The Balaban J connectivity index is 2.25. The zero-order valence-corrected chi connectivity index (χ0v) is 10.2. The lowest BCUT2D eigenvalue weighted by atomic mass is 10.1. The van der Waals surface area contributed by atoms with Crippen LogP contribution in [0.4, 0.5) is 0 Å². The van der Waals surface area contributed by atoms with Crippen molar-refractivity contribution < 1.29 is 0 Å². The molecule has 0 radical (unpaired) electrons. The van der Waals surface area contributed by atoms with Crippen LogP contribution in [0.3, 0.4) is 0 Å². The van der Waals surface area contributed by atoms with E-state index in [1.54, 1.807) is 0 Å². The molecule has 1 aromatic rings. The molecule has 0 aliphatic heterocycles. The number of nitrogens with zero attached hydrogens (tertiary/aromatic N) is 1. The lowest BCUT2D eigenvalue weighted by molar-refractivity contribution is 0.812. The Morgan fingerprint density at radius 3 is 2.88 bits per heavy atom. The highest BCUT2D eigenvalue weighted by atomic mass is 14.7. The molecular weight excluding hydrogens is 194 g/mol. The number of rotatable bonds is 3. The number of benzene rings is 1. The van der Waals surface area contributed by atoms with Crippen molar-refractivity contribution in [2.75, 3.05) is 7.05 Å². The first-order chi connectivity index (χ1) is 7.86. The van der Waals surface area contributed by atoms with Gasteiger partial charge in [0.15, 0.2) is 0 Å². The third-order valence-electron chi connectivity index (χ3n) is 3.13. The Kier molecular flexibility index (Phi) is 3.55. The summed E-state index contributed by atoms with van der Waals surface area (Å²) in [5.74, 6) is 0. The van der Waals surface area contributed by atoms with Crippen LogP contribution < -0.4 is 0 Å². The van der Waals surface area contributed by atoms with E-state index in [2.05, 4.69) is 42.3 Å². The molecular formula is C15H19N. The third-order valence-corrected chi connectivity index (χ3v) is 3.13. The Morgan fingerprint density at radius 2 is 2.12 bits per heavy atom. The predicted molar refractivity (Wildman–Crippen MR) is 70.2 cm³/mol. The monoisotopic (exact) mass is 213 g/mol. The van der Waals surface area contributed by atoms with Crippen LogP contribution in [-0.2, 0) is 6.42 Å². The van der Waals surface area contributed by atoms with Crippen molar-refractivity contribution in [2.45, 2.75) is 32.6 Å². The lowest BCUT2D eigenvalue weighted by Gasteiger charge is -2.00. The second-order valence-electron chi connectivity index (χ2n) is 4.28. The van der Waals surface area contributed by atoms with Crippen molar-refractivity contribution in [2.24, 2.45) is 4.99 Å². The van der Waals surface area contributed by atoms with Crippen LogP contribution in [0.2, 0.25) is 0 Å². The van der Waals surface area contributed by atoms with E-state index >= 15 is 0 Å². The fourth-order valence-electron chi connectivity index (χ4n) is 2.28. The molecule has 0 saturated heterocycles. The number of aliphatic imine (C=N–C) groups is 1. The maximum Gasteiger partial charge on any atom is 0.0678 e. The fourth-order valence-corrected chi connectivity index (χ4v) is 2.28. The first-order valence-electron chi connectivity index (χ1n) is 6.11. The molecule has 0 fully saturated rings. The maximum absolute atomic E-state index is 4.44. The van der Waals surface area contributed by atoms with Gasteiger partial charge in [0, 0.05) is 12.6 Å². The summed E-state index contributed by atoms with van der Waals surface area (Å²) in [6.45, 7) is 2.23. The number of allylic oxidation sites excluding steroid dienone is 2. The van der Waals surface area contributed by atoms with E-state index in [1.807, 2.05) is 7.05 Å². The molecule has 0 saturated carbocycles. The van der Waals surface area contributed by atoms with E-state index in [1.165, 1.54) is 41.7 Å². The highest BCUT2D eigenvalue weighted by Crippen LogP contribution is 2.27. The summed E-state index contributed by atoms with van der Waals surface area (Å²) in [7, 11) is 1.89. The topological polar surface area (TPSA) is 12.4 Å². The van der Waals surface area contributed by atoms with Crippen LogP contribution in [0.5, 0.6) is 0 Å². The van der Waals surface area contributed by atoms with Crippen LogP contribution in [0.1, 0.15) is 37.3 Å². The van der Waals surface area contributed by atoms with E-state index < -0.39 is 0 Å². The minimum atomic E-state index is 1.06. The molecule has 0 N–H and O–H groups in total. The lowest BCUT2D eigenvalue weighted by Crippen LogP contribution is -1.97. The Labute approximate surface area is 97.9 Å². The normalized spacial score (nSPS) is 19.4. The van der Waals surface area contributed by atoms with Crippen molar-refractivity contribution in [3.05, 3.63) is 47.0 Å².